The first kappa shape index (κ1) is 9.49. The summed E-state index contributed by atoms with van der Waals surface area (Å²) in [6.45, 7) is 4.09. The van der Waals surface area contributed by atoms with E-state index >= 15 is 0 Å². The highest BCUT2D eigenvalue weighted by atomic mass is 27.0. The second-order valence-electron chi connectivity index (χ2n) is 2.08. The molecule has 1 fully saturated rings. The van der Waals surface area contributed by atoms with Gasteiger partial charge in [-0.15, -0.1) is 5.28 Å². The van der Waals surface area contributed by atoms with Crippen molar-refractivity contribution in [2.24, 2.45) is 0 Å². The number of hydrogen-bond acceptors (Lipinski definition) is 1. The lowest BCUT2D eigenvalue weighted by molar-refractivity contribution is 0.0968. The van der Waals surface area contributed by atoms with Gasteiger partial charge in [-0.2, -0.15) is 0 Å². The number of rotatable bonds is 0. The fourth-order valence-electron chi connectivity index (χ4n) is 0.687. The van der Waals surface area contributed by atoms with Crippen LogP contribution >= 0.6 is 0 Å². The van der Waals surface area contributed by atoms with Gasteiger partial charge in [0.1, 0.15) is 16.3 Å². The number of hydrogen-bond donors (Lipinski definition) is 0. The lowest BCUT2D eigenvalue weighted by Crippen LogP contribution is -2.03. The minimum atomic E-state index is 1.00. The van der Waals surface area contributed by atoms with Crippen molar-refractivity contribution in [1.82, 2.24) is 0 Å². The zero-order valence-corrected chi connectivity index (χ0v) is 7.38. The monoisotopic (exact) mass is 142 g/mol. The first-order valence-electron chi connectivity index (χ1n) is 3.69. The van der Waals surface area contributed by atoms with Crippen LogP contribution in [-0.2, 0) is 4.74 Å². The Labute approximate surface area is 66.2 Å². The topological polar surface area (TPSA) is 9.23 Å². The summed E-state index contributed by atoms with van der Waals surface area (Å²) < 4.78 is 5.07. The Morgan fingerprint density at radius 2 is 1.67 bits per heavy atom. The minimum Gasteiger partial charge on any atom is -0.381 e. The van der Waals surface area contributed by atoms with Crippen molar-refractivity contribution in [3.63, 3.8) is 0 Å². The molecule has 1 aliphatic heterocycles. The molecule has 1 aliphatic rings. The summed E-state index contributed by atoms with van der Waals surface area (Å²) in [7, 11) is 0. The summed E-state index contributed by atoms with van der Waals surface area (Å²) in [5, 5.41) is 1.17. The lowest BCUT2D eigenvalue weighted by Gasteiger charge is -2.08. The van der Waals surface area contributed by atoms with Gasteiger partial charge in [0.25, 0.3) is 0 Å². The van der Waals surface area contributed by atoms with E-state index in [0.29, 0.717) is 0 Å². The average Bonchev–Trinajstić information content (AvgIpc) is 1.93. The Hall–Kier alpha value is 0.492. The number of ether oxygens (including phenoxy) is 1. The molecule has 2 radical (unpaired) electrons. The van der Waals surface area contributed by atoms with Crippen LogP contribution in [0.1, 0.15) is 26.2 Å². The molecule has 0 aromatic rings. The summed E-state index contributed by atoms with van der Waals surface area (Å²) >= 11 is 2.58. The maximum atomic E-state index is 5.07. The molecule has 0 aliphatic carbocycles. The predicted octanol–water partition coefficient (Wildman–Crippen LogP) is 1.78. The second kappa shape index (κ2) is 8.49. The molecule has 1 rings (SSSR count). The largest absolute Gasteiger partial charge is 0.381 e. The fraction of sp³-hybridized carbons (Fsp3) is 1.00. The van der Waals surface area contributed by atoms with Gasteiger partial charge in [-0.05, 0) is 19.3 Å². The first-order chi connectivity index (χ1) is 4.41. The molecular weight excluding hydrogens is 127 g/mol. The molecule has 52 valence electrons. The second-order valence-corrected chi connectivity index (χ2v) is 2.90. The van der Waals surface area contributed by atoms with Gasteiger partial charge < -0.3 is 4.74 Å². The minimum absolute atomic E-state index is 1.00. The Morgan fingerprint density at radius 1 is 1.22 bits per heavy atom. The van der Waals surface area contributed by atoms with Gasteiger partial charge in [0.15, 0.2) is 0 Å². The first-order valence-corrected chi connectivity index (χ1v) is 4.51. The third-order valence-electron chi connectivity index (χ3n) is 1.08. The molecule has 9 heavy (non-hydrogen) atoms. The summed E-state index contributed by atoms with van der Waals surface area (Å²) in [4.78, 5) is 0. The van der Waals surface area contributed by atoms with Gasteiger partial charge in [0.2, 0.25) is 0 Å². The highest BCUT2D eigenvalue weighted by molar-refractivity contribution is 6.08. The van der Waals surface area contributed by atoms with Crippen molar-refractivity contribution in [3.05, 3.63) is 0 Å². The van der Waals surface area contributed by atoms with Crippen LogP contribution in [-0.4, -0.2) is 29.5 Å². The van der Waals surface area contributed by atoms with E-state index in [2.05, 4.69) is 23.2 Å². The molecule has 0 spiro atoms. The third-order valence-corrected chi connectivity index (χ3v) is 1.08. The van der Waals surface area contributed by atoms with E-state index in [-0.39, 0.29) is 0 Å². The Morgan fingerprint density at radius 3 is 1.78 bits per heavy atom. The van der Waals surface area contributed by atoms with Crippen molar-refractivity contribution in [1.29, 1.82) is 0 Å². The van der Waals surface area contributed by atoms with Crippen molar-refractivity contribution in [3.8, 4) is 0 Å². The smallest absolute Gasteiger partial charge is 0.117 e. The molecule has 0 amide bonds. The van der Waals surface area contributed by atoms with Crippen LogP contribution in [0.25, 0.3) is 0 Å². The van der Waals surface area contributed by atoms with E-state index in [9.17, 15) is 0 Å². The van der Waals surface area contributed by atoms with Crippen LogP contribution in [0.2, 0.25) is 5.28 Å². The van der Waals surface area contributed by atoms with Gasteiger partial charge in [-0.1, -0.05) is 6.92 Å². The van der Waals surface area contributed by atoms with E-state index < -0.39 is 0 Å². The normalized spacial score (nSPS) is 17.9. The maximum Gasteiger partial charge on any atom is 0.117 e. The van der Waals surface area contributed by atoms with Crippen molar-refractivity contribution < 1.29 is 4.74 Å². The molecule has 0 saturated carbocycles. The molecular formula is C7H15AlO. The molecule has 1 heterocycles. The molecule has 1 nitrogen and oxygen atoms in total. The van der Waals surface area contributed by atoms with E-state index in [1.54, 1.807) is 0 Å². The Balaban J connectivity index is 0.000000187. The van der Waals surface area contributed by atoms with Crippen LogP contribution < -0.4 is 0 Å². The lowest BCUT2D eigenvalue weighted by atomic mass is 10.2. The molecule has 0 aromatic carbocycles. The standard InChI is InChI=1S/C5H10O.C2H5.Al/c1-2-4-6-5-3-1;1-2;/h1-5H2;1H2,2H3;. The fourth-order valence-corrected chi connectivity index (χ4v) is 0.687. The van der Waals surface area contributed by atoms with Crippen LogP contribution in [0.15, 0.2) is 0 Å². The Kier molecular flexibility index (Phi) is 8.96. The highest BCUT2D eigenvalue weighted by Crippen LogP contribution is 2.02. The molecule has 0 N–H and O–H groups in total. The molecule has 0 aromatic heterocycles. The summed E-state index contributed by atoms with van der Waals surface area (Å²) in [6, 6.07) is 0. The molecule has 0 bridgehead atoms. The van der Waals surface area contributed by atoms with E-state index in [4.69, 9.17) is 4.74 Å². The van der Waals surface area contributed by atoms with Gasteiger partial charge in [-0.3, -0.25) is 0 Å². The molecule has 0 atom stereocenters. The highest BCUT2D eigenvalue weighted by Gasteiger charge is 1.94. The average molecular weight is 142 g/mol. The summed E-state index contributed by atoms with van der Waals surface area (Å²) in [5.41, 5.74) is 0. The predicted molar refractivity (Wildman–Crippen MR) is 40.9 cm³/mol. The van der Waals surface area contributed by atoms with Crippen LogP contribution in [0.5, 0.6) is 0 Å². The van der Waals surface area contributed by atoms with Gasteiger partial charge in [0, 0.05) is 13.2 Å². The maximum absolute atomic E-state index is 5.07. The van der Waals surface area contributed by atoms with Crippen molar-refractivity contribution in [2.45, 2.75) is 31.5 Å². The molecule has 1 saturated heterocycles. The van der Waals surface area contributed by atoms with Gasteiger partial charge >= 0.3 is 0 Å². The van der Waals surface area contributed by atoms with Crippen LogP contribution in [0.3, 0.4) is 0 Å². The van der Waals surface area contributed by atoms with E-state index in [0.717, 1.165) is 13.2 Å². The summed E-state index contributed by atoms with van der Waals surface area (Å²) in [6.07, 6.45) is 3.93. The third kappa shape index (κ3) is 8.49. The zero-order valence-electron chi connectivity index (χ0n) is 6.23. The van der Waals surface area contributed by atoms with E-state index in [1.165, 1.54) is 24.5 Å². The van der Waals surface area contributed by atoms with Gasteiger partial charge in [-0.25, -0.2) is 0 Å². The zero-order chi connectivity index (χ0) is 6.95. The van der Waals surface area contributed by atoms with Crippen LogP contribution in [0, 0.1) is 0 Å². The van der Waals surface area contributed by atoms with Crippen LogP contribution in [0.4, 0.5) is 0 Å². The quantitative estimate of drug-likeness (QED) is 0.468. The van der Waals surface area contributed by atoms with E-state index in [1.807, 2.05) is 0 Å². The SMILES string of the molecule is C1CCOCC1.C[CH2][Al]. The van der Waals surface area contributed by atoms with Gasteiger partial charge in [0.05, 0.1) is 0 Å². The van der Waals surface area contributed by atoms with Crippen molar-refractivity contribution in [2.75, 3.05) is 13.2 Å². The summed E-state index contributed by atoms with van der Waals surface area (Å²) in [5.74, 6) is 0. The molecule has 0 unspecified atom stereocenters. The molecule has 2 heteroatoms. The van der Waals surface area contributed by atoms with Crippen molar-refractivity contribution >= 4 is 16.3 Å². The Bertz CT molecular complexity index is 32.7.